The molecule has 3 rings (SSSR count). The maximum atomic E-state index is 6.07. The number of aryl methyl sites for hydroxylation is 1. The van der Waals surface area contributed by atoms with Crippen molar-refractivity contribution in [3.63, 3.8) is 0 Å². The second kappa shape index (κ2) is 4.96. The van der Waals surface area contributed by atoms with Crippen LogP contribution in [0.15, 0.2) is 42.6 Å². The zero-order chi connectivity index (χ0) is 14.1. The van der Waals surface area contributed by atoms with Crippen molar-refractivity contribution in [3.05, 3.63) is 53.7 Å². The molecule has 0 aliphatic rings. The first kappa shape index (κ1) is 12.7. The smallest absolute Gasteiger partial charge is 0.202 e. The fourth-order valence-corrected chi connectivity index (χ4v) is 2.58. The van der Waals surface area contributed by atoms with Crippen molar-refractivity contribution >= 4 is 17.1 Å². The van der Waals surface area contributed by atoms with Crippen molar-refractivity contribution in [3.8, 4) is 0 Å². The first-order valence-corrected chi connectivity index (χ1v) is 6.79. The van der Waals surface area contributed by atoms with Crippen LogP contribution < -0.4 is 5.73 Å². The first-order chi connectivity index (χ1) is 9.65. The van der Waals surface area contributed by atoms with Gasteiger partial charge in [0.1, 0.15) is 5.52 Å². The van der Waals surface area contributed by atoms with Crippen molar-refractivity contribution in [1.82, 2.24) is 14.5 Å². The third-order valence-corrected chi connectivity index (χ3v) is 3.51. The molecule has 1 aromatic carbocycles. The predicted molar refractivity (Wildman–Crippen MR) is 81.5 cm³/mol. The van der Waals surface area contributed by atoms with Crippen LogP contribution in [-0.2, 0) is 6.42 Å². The van der Waals surface area contributed by atoms with Gasteiger partial charge in [0.15, 0.2) is 5.65 Å². The van der Waals surface area contributed by atoms with Crippen LogP contribution in [-0.4, -0.2) is 14.5 Å². The maximum Gasteiger partial charge on any atom is 0.202 e. The van der Waals surface area contributed by atoms with E-state index in [1.54, 1.807) is 0 Å². The fraction of sp³-hybridized carbons (Fsp3) is 0.250. The molecule has 0 saturated heterocycles. The van der Waals surface area contributed by atoms with Gasteiger partial charge in [-0.15, -0.1) is 0 Å². The Morgan fingerprint density at radius 3 is 2.75 bits per heavy atom. The van der Waals surface area contributed by atoms with Crippen LogP contribution in [0.2, 0.25) is 0 Å². The summed E-state index contributed by atoms with van der Waals surface area (Å²) >= 11 is 0. The molecular formula is C16H18N4. The lowest BCUT2D eigenvalue weighted by Gasteiger charge is -2.15. The quantitative estimate of drug-likeness (QED) is 0.792. The molecule has 2 heterocycles. The minimum absolute atomic E-state index is 0.220. The summed E-state index contributed by atoms with van der Waals surface area (Å²) < 4.78 is 2.02. The van der Waals surface area contributed by atoms with Gasteiger partial charge >= 0.3 is 0 Å². The Morgan fingerprint density at radius 2 is 2.00 bits per heavy atom. The van der Waals surface area contributed by atoms with Gasteiger partial charge in [0.2, 0.25) is 5.95 Å². The zero-order valence-corrected chi connectivity index (χ0v) is 11.7. The second-order valence-corrected chi connectivity index (χ2v) is 5.23. The number of imidazole rings is 1. The monoisotopic (exact) mass is 266 g/mol. The molecule has 3 aromatic rings. The number of hydrogen-bond donors (Lipinski definition) is 1. The van der Waals surface area contributed by atoms with Gasteiger partial charge in [-0.2, -0.15) is 0 Å². The molecule has 0 spiro atoms. The molecule has 0 aliphatic heterocycles. The van der Waals surface area contributed by atoms with Gasteiger partial charge in [0.05, 0.1) is 0 Å². The van der Waals surface area contributed by atoms with Crippen LogP contribution in [0.5, 0.6) is 0 Å². The standard InChI is InChI=1S/C16H18N4/c1-11-8-14-15(18-10-11)20(16(17)19-14)12(2)9-13-6-4-3-5-7-13/h3-8,10,12H,9H2,1-2H3,(H2,17,19). The molecule has 0 radical (unpaired) electrons. The summed E-state index contributed by atoms with van der Waals surface area (Å²) in [4.78, 5) is 8.90. The molecule has 1 atom stereocenters. The first-order valence-electron chi connectivity index (χ1n) is 6.79. The third kappa shape index (κ3) is 2.25. The summed E-state index contributed by atoms with van der Waals surface area (Å²) in [6.45, 7) is 4.15. The zero-order valence-electron chi connectivity index (χ0n) is 11.7. The van der Waals surface area contributed by atoms with Crippen molar-refractivity contribution in [2.45, 2.75) is 26.3 Å². The molecule has 0 fully saturated rings. The van der Waals surface area contributed by atoms with E-state index >= 15 is 0 Å². The van der Waals surface area contributed by atoms with Crippen LogP contribution >= 0.6 is 0 Å². The Balaban J connectivity index is 1.99. The van der Waals surface area contributed by atoms with E-state index in [4.69, 9.17) is 5.73 Å². The number of pyridine rings is 1. The van der Waals surface area contributed by atoms with E-state index in [9.17, 15) is 0 Å². The van der Waals surface area contributed by atoms with E-state index in [1.807, 2.05) is 29.8 Å². The highest BCUT2D eigenvalue weighted by Crippen LogP contribution is 2.24. The van der Waals surface area contributed by atoms with Crippen LogP contribution in [0.4, 0.5) is 5.95 Å². The summed E-state index contributed by atoms with van der Waals surface area (Å²) in [6, 6.07) is 12.6. The largest absolute Gasteiger partial charge is 0.369 e. The maximum absolute atomic E-state index is 6.07. The molecule has 2 aromatic heterocycles. The highest BCUT2D eigenvalue weighted by atomic mass is 15.2. The van der Waals surface area contributed by atoms with Crippen molar-refractivity contribution in [1.29, 1.82) is 0 Å². The predicted octanol–water partition coefficient (Wildman–Crippen LogP) is 3.13. The molecule has 1 unspecified atom stereocenters. The summed E-state index contributed by atoms with van der Waals surface area (Å²) in [5.74, 6) is 0.529. The van der Waals surface area contributed by atoms with Crippen molar-refractivity contribution in [2.75, 3.05) is 5.73 Å². The topological polar surface area (TPSA) is 56.7 Å². The fourth-order valence-electron chi connectivity index (χ4n) is 2.58. The van der Waals surface area contributed by atoms with Gasteiger partial charge in [0.25, 0.3) is 0 Å². The lowest BCUT2D eigenvalue weighted by Crippen LogP contribution is -2.12. The summed E-state index contributed by atoms with van der Waals surface area (Å²) in [7, 11) is 0. The van der Waals surface area contributed by atoms with Gasteiger partial charge < -0.3 is 5.73 Å². The highest BCUT2D eigenvalue weighted by Gasteiger charge is 2.15. The molecule has 20 heavy (non-hydrogen) atoms. The van der Waals surface area contributed by atoms with E-state index in [0.29, 0.717) is 5.95 Å². The van der Waals surface area contributed by atoms with E-state index in [-0.39, 0.29) is 6.04 Å². The lowest BCUT2D eigenvalue weighted by atomic mass is 10.1. The van der Waals surface area contributed by atoms with Gasteiger partial charge in [-0.05, 0) is 37.5 Å². The van der Waals surface area contributed by atoms with E-state index in [1.165, 1.54) is 5.56 Å². The van der Waals surface area contributed by atoms with Crippen LogP contribution in [0.25, 0.3) is 11.2 Å². The van der Waals surface area contributed by atoms with Gasteiger partial charge in [-0.3, -0.25) is 4.57 Å². The molecule has 4 nitrogen and oxygen atoms in total. The van der Waals surface area contributed by atoms with E-state index in [0.717, 1.165) is 23.1 Å². The third-order valence-electron chi connectivity index (χ3n) is 3.51. The summed E-state index contributed by atoms with van der Waals surface area (Å²) in [5.41, 5.74) is 10.2. The second-order valence-electron chi connectivity index (χ2n) is 5.23. The number of hydrogen-bond acceptors (Lipinski definition) is 3. The van der Waals surface area contributed by atoms with Gasteiger partial charge in [-0.1, -0.05) is 30.3 Å². The van der Waals surface area contributed by atoms with Crippen LogP contribution in [0, 0.1) is 6.92 Å². The number of nitrogens with zero attached hydrogens (tertiary/aromatic N) is 3. The van der Waals surface area contributed by atoms with Crippen LogP contribution in [0.3, 0.4) is 0 Å². The molecule has 0 amide bonds. The molecule has 4 heteroatoms. The van der Waals surface area contributed by atoms with Crippen molar-refractivity contribution in [2.24, 2.45) is 0 Å². The Morgan fingerprint density at radius 1 is 1.25 bits per heavy atom. The Hall–Kier alpha value is -2.36. The average molecular weight is 266 g/mol. The molecular weight excluding hydrogens is 248 g/mol. The number of aromatic nitrogens is 3. The summed E-state index contributed by atoms with van der Waals surface area (Å²) in [6.07, 6.45) is 2.77. The highest BCUT2D eigenvalue weighted by molar-refractivity contribution is 5.74. The molecule has 0 saturated carbocycles. The Bertz CT molecular complexity index is 731. The number of nitrogen functional groups attached to an aromatic ring is 1. The van der Waals surface area contributed by atoms with Gasteiger partial charge in [0, 0.05) is 12.2 Å². The Labute approximate surface area is 118 Å². The number of nitrogens with two attached hydrogens (primary N) is 1. The van der Waals surface area contributed by atoms with Crippen LogP contribution in [0.1, 0.15) is 24.1 Å². The molecule has 0 aliphatic carbocycles. The van der Waals surface area contributed by atoms with Gasteiger partial charge in [-0.25, -0.2) is 9.97 Å². The number of benzene rings is 1. The van der Waals surface area contributed by atoms with Crippen molar-refractivity contribution < 1.29 is 0 Å². The SMILES string of the molecule is Cc1cnc2c(c1)nc(N)n2C(C)Cc1ccccc1. The molecule has 102 valence electrons. The minimum atomic E-state index is 0.220. The number of rotatable bonds is 3. The molecule has 0 bridgehead atoms. The van der Waals surface area contributed by atoms with E-state index < -0.39 is 0 Å². The minimum Gasteiger partial charge on any atom is -0.369 e. The molecule has 2 N–H and O–H groups in total. The number of anilines is 1. The number of fused-ring (bicyclic) bond motifs is 1. The Kier molecular flexibility index (Phi) is 3.14. The average Bonchev–Trinajstić information content (AvgIpc) is 2.74. The van der Waals surface area contributed by atoms with E-state index in [2.05, 4.69) is 41.2 Å². The normalized spacial score (nSPS) is 12.7. The lowest BCUT2D eigenvalue weighted by molar-refractivity contribution is 0.563. The summed E-state index contributed by atoms with van der Waals surface area (Å²) in [5, 5.41) is 0.